The Balaban J connectivity index is 1.45. The molecule has 1 aromatic heterocycles. The fourth-order valence-corrected chi connectivity index (χ4v) is 3.41. The standard InChI is InChI=1S/C19H30N4O2/c1-19(2,25)14-23(17-3-4-17)18(24)21-16-7-11-22(12-8-16)13-15-5-9-20-10-6-15/h5-6,9-10,16-17,25H,3-4,7-8,11-14H2,1-2H3,(H,21,24). The van der Waals surface area contributed by atoms with Crippen molar-refractivity contribution in [2.24, 2.45) is 0 Å². The molecular formula is C19H30N4O2. The van der Waals surface area contributed by atoms with Crippen molar-refractivity contribution in [2.45, 2.75) is 63.8 Å². The van der Waals surface area contributed by atoms with Gasteiger partial charge in [0.2, 0.25) is 0 Å². The number of likely N-dealkylation sites (tertiary alicyclic amines) is 1. The van der Waals surface area contributed by atoms with E-state index in [1.165, 1.54) is 5.56 Å². The number of amides is 2. The Hall–Kier alpha value is -1.66. The fourth-order valence-electron chi connectivity index (χ4n) is 3.41. The molecule has 2 aliphatic rings. The van der Waals surface area contributed by atoms with E-state index in [4.69, 9.17) is 0 Å². The third-order valence-corrected chi connectivity index (χ3v) is 4.88. The molecule has 0 atom stereocenters. The topological polar surface area (TPSA) is 68.7 Å². The lowest BCUT2D eigenvalue weighted by Crippen LogP contribution is -2.52. The number of nitrogens with zero attached hydrogens (tertiary/aromatic N) is 3. The maximum Gasteiger partial charge on any atom is 0.317 e. The van der Waals surface area contributed by atoms with Crippen LogP contribution in [0.4, 0.5) is 4.79 Å². The predicted molar refractivity (Wildman–Crippen MR) is 97.1 cm³/mol. The minimum absolute atomic E-state index is 0.0165. The van der Waals surface area contributed by atoms with Gasteiger partial charge in [-0.1, -0.05) is 0 Å². The first-order chi connectivity index (χ1) is 11.9. The van der Waals surface area contributed by atoms with Crippen LogP contribution in [0.1, 0.15) is 45.1 Å². The van der Waals surface area contributed by atoms with E-state index in [0.29, 0.717) is 12.6 Å². The summed E-state index contributed by atoms with van der Waals surface area (Å²) < 4.78 is 0. The smallest absolute Gasteiger partial charge is 0.317 e. The fraction of sp³-hybridized carbons (Fsp3) is 0.684. The van der Waals surface area contributed by atoms with E-state index in [1.54, 1.807) is 13.8 Å². The second-order valence-electron chi connectivity index (χ2n) is 8.03. The van der Waals surface area contributed by atoms with Crippen molar-refractivity contribution in [1.29, 1.82) is 0 Å². The molecular weight excluding hydrogens is 316 g/mol. The summed E-state index contributed by atoms with van der Waals surface area (Å²) in [7, 11) is 0. The van der Waals surface area contributed by atoms with Crippen molar-refractivity contribution in [2.75, 3.05) is 19.6 Å². The van der Waals surface area contributed by atoms with Crippen molar-refractivity contribution >= 4 is 6.03 Å². The number of pyridine rings is 1. The summed E-state index contributed by atoms with van der Waals surface area (Å²) in [6.45, 7) is 6.82. The van der Waals surface area contributed by atoms with Crippen LogP contribution >= 0.6 is 0 Å². The summed E-state index contributed by atoms with van der Waals surface area (Å²) in [5, 5.41) is 13.2. The Kier molecular flexibility index (Phi) is 5.59. The highest BCUT2D eigenvalue weighted by Gasteiger charge is 2.36. The van der Waals surface area contributed by atoms with Crippen molar-refractivity contribution in [3.63, 3.8) is 0 Å². The first-order valence-electron chi connectivity index (χ1n) is 9.31. The molecule has 0 spiro atoms. The lowest BCUT2D eigenvalue weighted by atomic mass is 10.0. The van der Waals surface area contributed by atoms with Crippen molar-refractivity contribution < 1.29 is 9.90 Å². The van der Waals surface area contributed by atoms with Gasteiger partial charge in [-0.05, 0) is 57.2 Å². The SMILES string of the molecule is CC(C)(O)CN(C(=O)NC1CCN(Cc2ccncc2)CC1)C1CC1. The monoisotopic (exact) mass is 346 g/mol. The molecule has 2 heterocycles. The molecule has 2 N–H and O–H groups in total. The van der Waals surface area contributed by atoms with Crippen LogP contribution in [-0.4, -0.2) is 63.2 Å². The number of aliphatic hydroxyl groups is 1. The van der Waals surface area contributed by atoms with Gasteiger partial charge in [-0.15, -0.1) is 0 Å². The average Bonchev–Trinajstić information content (AvgIpc) is 3.39. The molecule has 1 aromatic rings. The van der Waals surface area contributed by atoms with Gasteiger partial charge in [0.25, 0.3) is 0 Å². The number of rotatable bonds is 6. The lowest BCUT2D eigenvalue weighted by molar-refractivity contribution is 0.0434. The van der Waals surface area contributed by atoms with Gasteiger partial charge in [-0.2, -0.15) is 0 Å². The van der Waals surface area contributed by atoms with Gasteiger partial charge in [-0.25, -0.2) is 4.79 Å². The Morgan fingerprint density at radius 3 is 2.48 bits per heavy atom. The number of urea groups is 1. The zero-order valence-corrected chi connectivity index (χ0v) is 15.3. The Bertz CT molecular complexity index is 561. The van der Waals surface area contributed by atoms with Gasteiger partial charge >= 0.3 is 6.03 Å². The molecule has 0 aromatic carbocycles. The summed E-state index contributed by atoms with van der Waals surface area (Å²) in [6.07, 6.45) is 7.70. The van der Waals surface area contributed by atoms with E-state index < -0.39 is 5.60 Å². The molecule has 2 fully saturated rings. The molecule has 3 rings (SSSR count). The van der Waals surface area contributed by atoms with Gasteiger partial charge in [-0.3, -0.25) is 9.88 Å². The van der Waals surface area contributed by atoms with Crippen molar-refractivity contribution in [3.05, 3.63) is 30.1 Å². The molecule has 1 saturated carbocycles. The summed E-state index contributed by atoms with van der Waals surface area (Å²) in [5.41, 5.74) is 0.427. The zero-order valence-electron chi connectivity index (χ0n) is 15.3. The molecule has 6 heteroatoms. The zero-order chi connectivity index (χ0) is 17.9. The maximum absolute atomic E-state index is 12.6. The molecule has 1 saturated heterocycles. The highest BCUT2D eigenvalue weighted by Crippen LogP contribution is 2.28. The molecule has 0 radical (unpaired) electrons. The first kappa shape index (κ1) is 18.1. The quantitative estimate of drug-likeness (QED) is 0.827. The van der Waals surface area contributed by atoms with Crippen LogP contribution in [-0.2, 0) is 6.54 Å². The summed E-state index contributed by atoms with van der Waals surface area (Å²) >= 11 is 0. The van der Waals surface area contributed by atoms with Crippen LogP contribution in [0.15, 0.2) is 24.5 Å². The highest BCUT2D eigenvalue weighted by atomic mass is 16.3. The third-order valence-electron chi connectivity index (χ3n) is 4.88. The summed E-state index contributed by atoms with van der Waals surface area (Å²) in [5.74, 6) is 0. The minimum atomic E-state index is -0.853. The van der Waals surface area contributed by atoms with E-state index in [-0.39, 0.29) is 12.1 Å². The van der Waals surface area contributed by atoms with Gasteiger partial charge in [0.05, 0.1) is 12.1 Å². The van der Waals surface area contributed by atoms with Gasteiger partial charge in [0.1, 0.15) is 0 Å². The molecule has 1 aliphatic carbocycles. The molecule has 138 valence electrons. The van der Waals surface area contributed by atoms with E-state index in [9.17, 15) is 9.90 Å². The summed E-state index contributed by atoms with van der Waals surface area (Å²) in [6, 6.07) is 4.62. The van der Waals surface area contributed by atoms with Crippen LogP contribution in [0.5, 0.6) is 0 Å². The molecule has 1 aliphatic heterocycles. The van der Waals surface area contributed by atoms with Crippen LogP contribution in [0.2, 0.25) is 0 Å². The van der Waals surface area contributed by atoms with E-state index in [1.807, 2.05) is 17.3 Å². The average molecular weight is 346 g/mol. The number of carbonyl (C=O) groups is 1. The Morgan fingerprint density at radius 1 is 1.28 bits per heavy atom. The number of piperidine rings is 1. The number of carbonyl (C=O) groups excluding carboxylic acids is 1. The number of hydrogen-bond acceptors (Lipinski definition) is 4. The predicted octanol–water partition coefficient (Wildman–Crippen LogP) is 1.99. The van der Waals surface area contributed by atoms with Gasteiger partial charge in [0, 0.05) is 44.1 Å². The molecule has 6 nitrogen and oxygen atoms in total. The lowest BCUT2D eigenvalue weighted by Gasteiger charge is -2.35. The molecule has 0 unspecified atom stereocenters. The largest absolute Gasteiger partial charge is 0.389 e. The Labute approximate surface area is 150 Å². The van der Waals surface area contributed by atoms with Crippen molar-refractivity contribution in [1.82, 2.24) is 20.1 Å². The normalized spacial score (nSPS) is 19.6. The number of hydrogen-bond donors (Lipinski definition) is 2. The first-order valence-corrected chi connectivity index (χ1v) is 9.31. The van der Waals surface area contributed by atoms with E-state index >= 15 is 0 Å². The highest BCUT2D eigenvalue weighted by molar-refractivity contribution is 5.75. The number of nitrogens with one attached hydrogen (secondary N) is 1. The van der Waals surface area contributed by atoms with Crippen molar-refractivity contribution in [3.8, 4) is 0 Å². The minimum Gasteiger partial charge on any atom is -0.389 e. The van der Waals surface area contributed by atoms with Crippen LogP contribution in [0.3, 0.4) is 0 Å². The summed E-state index contributed by atoms with van der Waals surface area (Å²) in [4.78, 5) is 20.9. The second-order valence-corrected chi connectivity index (χ2v) is 8.03. The Morgan fingerprint density at radius 2 is 1.92 bits per heavy atom. The van der Waals surface area contributed by atoms with E-state index in [0.717, 1.165) is 45.3 Å². The molecule has 25 heavy (non-hydrogen) atoms. The van der Waals surface area contributed by atoms with Gasteiger partial charge in [0.15, 0.2) is 0 Å². The second kappa shape index (κ2) is 7.70. The van der Waals surface area contributed by atoms with Gasteiger partial charge < -0.3 is 15.3 Å². The van der Waals surface area contributed by atoms with Crippen LogP contribution in [0, 0.1) is 0 Å². The number of aromatic nitrogens is 1. The van der Waals surface area contributed by atoms with Crippen LogP contribution < -0.4 is 5.32 Å². The maximum atomic E-state index is 12.6. The molecule has 0 bridgehead atoms. The van der Waals surface area contributed by atoms with E-state index in [2.05, 4.69) is 27.3 Å². The third kappa shape index (κ3) is 5.68. The van der Waals surface area contributed by atoms with Crippen LogP contribution in [0.25, 0.3) is 0 Å². The molecule has 2 amide bonds.